The van der Waals surface area contributed by atoms with Gasteiger partial charge in [-0.15, -0.1) is 0 Å². The molecular formula is C22H25NO3. The lowest BCUT2D eigenvalue weighted by Crippen LogP contribution is -2.21. The Morgan fingerprint density at radius 3 is 2.15 bits per heavy atom. The number of fused-ring (bicyclic) bond motifs is 1. The molecule has 4 nitrogen and oxygen atoms in total. The molecule has 2 aromatic carbocycles. The van der Waals surface area contributed by atoms with Gasteiger partial charge in [0, 0.05) is 30.2 Å². The summed E-state index contributed by atoms with van der Waals surface area (Å²) in [5, 5.41) is 0.985. The van der Waals surface area contributed by atoms with E-state index in [0.29, 0.717) is 11.5 Å². The first-order chi connectivity index (χ1) is 12.7. The number of rotatable bonds is 7. The molecule has 0 unspecified atom stereocenters. The van der Waals surface area contributed by atoms with Gasteiger partial charge in [0.05, 0.1) is 14.2 Å². The van der Waals surface area contributed by atoms with Crippen molar-refractivity contribution in [1.82, 2.24) is 0 Å². The molecule has 0 atom stereocenters. The standard InChI is InChI=1S/C22H25NO3/c1-5-23(6-2)18-10-7-16(8-11-18)9-12-19-13-17-14-21(24-3)22(25-4)15-20(17)26-19/h7-15H,5-6H2,1-4H3. The first kappa shape index (κ1) is 17.9. The Morgan fingerprint density at radius 2 is 1.54 bits per heavy atom. The Labute approximate surface area is 154 Å². The molecule has 1 aromatic heterocycles. The molecule has 0 amide bonds. The minimum absolute atomic E-state index is 0.664. The zero-order valence-electron chi connectivity index (χ0n) is 15.8. The highest BCUT2D eigenvalue weighted by Crippen LogP contribution is 2.34. The molecule has 0 saturated heterocycles. The van der Waals surface area contributed by atoms with Gasteiger partial charge in [0.15, 0.2) is 11.5 Å². The Hall–Kier alpha value is -2.88. The average molecular weight is 351 g/mol. The van der Waals surface area contributed by atoms with Crippen LogP contribution in [0.2, 0.25) is 0 Å². The number of benzene rings is 2. The number of methoxy groups -OCH3 is 2. The van der Waals surface area contributed by atoms with E-state index in [1.807, 2.05) is 24.3 Å². The van der Waals surface area contributed by atoms with Crippen molar-refractivity contribution in [1.29, 1.82) is 0 Å². The van der Waals surface area contributed by atoms with E-state index >= 15 is 0 Å². The molecule has 3 aromatic rings. The molecule has 0 bridgehead atoms. The van der Waals surface area contributed by atoms with E-state index in [9.17, 15) is 0 Å². The van der Waals surface area contributed by atoms with E-state index in [4.69, 9.17) is 13.9 Å². The summed E-state index contributed by atoms with van der Waals surface area (Å²) in [5.41, 5.74) is 3.16. The molecule has 0 fully saturated rings. The van der Waals surface area contributed by atoms with E-state index in [-0.39, 0.29) is 0 Å². The van der Waals surface area contributed by atoms with Crippen molar-refractivity contribution < 1.29 is 13.9 Å². The molecule has 0 saturated carbocycles. The van der Waals surface area contributed by atoms with Crippen molar-refractivity contribution in [3.05, 3.63) is 53.8 Å². The Kier molecular flexibility index (Phi) is 5.52. The van der Waals surface area contributed by atoms with Gasteiger partial charge in [-0.05, 0) is 49.8 Å². The maximum absolute atomic E-state index is 5.90. The molecule has 1 heterocycles. The highest BCUT2D eigenvalue weighted by molar-refractivity contribution is 5.85. The second-order valence-electron chi connectivity index (χ2n) is 5.99. The Balaban J connectivity index is 1.82. The predicted molar refractivity (Wildman–Crippen MR) is 108 cm³/mol. The smallest absolute Gasteiger partial charge is 0.164 e. The predicted octanol–water partition coefficient (Wildman–Crippen LogP) is 5.47. The highest BCUT2D eigenvalue weighted by Gasteiger charge is 2.09. The van der Waals surface area contributed by atoms with Crippen LogP contribution >= 0.6 is 0 Å². The molecule has 4 heteroatoms. The molecule has 0 radical (unpaired) electrons. The van der Waals surface area contributed by atoms with E-state index in [0.717, 1.165) is 35.4 Å². The first-order valence-electron chi connectivity index (χ1n) is 8.87. The number of nitrogens with zero attached hydrogens (tertiary/aromatic N) is 1. The second kappa shape index (κ2) is 8.00. The van der Waals surface area contributed by atoms with Gasteiger partial charge in [0.2, 0.25) is 0 Å². The van der Waals surface area contributed by atoms with Crippen molar-refractivity contribution in [2.75, 3.05) is 32.2 Å². The number of hydrogen-bond donors (Lipinski definition) is 0. The fraction of sp³-hybridized carbons (Fsp3) is 0.273. The summed E-state index contributed by atoms with van der Waals surface area (Å²) in [4.78, 5) is 2.33. The first-order valence-corrected chi connectivity index (χ1v) is 8.87. The maximum Gasteiger partial charge on any atom is 0.164 e. The quantitative estimate of drug-likeness (QED) is 0.565. The fourth-order valence-corrected chi connectivity index (χ4v) is 3.03. The topological polar surface area (TPSA) is 34.8 Å². The minimum Gasteiger partial charge on any atom is -0.493 e. The summed E-state index contributed by atoms with van der Waals surface area (Å²) in [6.45, 7) is 6.36. The van der Waals surface area contributed by atoms with Gasteiger partial charge in [-0.2, -0.15) is 0 Å². The summed E-state index contributed by atoms with van der Waals surface area (Å²) >= 11 is 0. The lowest BCUT2D eigenvalue weighted by atomic mass is 10.1. The molecule has 136 valence electrons. The third-order valence-corrected chi connectivity index (χ3v) is 4.50. The fourth-order valence-electron chi connectivity index (χ4n) is 3.03. The normalized spacial score (nSPS) is 11.2. The molecule has 26 heavy (non-hydrogen) atoms. The van der Waals surface area contributed by atoms with Gasteiger partial charge < -0.3 is 18.8 Å². The largest absolute Gasteiger partial charge is 0.493 e. The maximum atomic E-state index is 5.90. The van der Waals surface area contributed by atoms with Crippen LogP contribution in [0, 0.1) is 0 Å². The van der Waals surface area contributed by atoms with Crippen LogP contribution < -0.4 is 14.4 Å². The molecule has 0 N–H and O–H groups in total. The Bertz CT molecular complexity index is 849. The summed E-state index contributed by atoms with van der Waals surface area (Å²) in [6.07, 6.45) is 4.03. The summed E-state index contributed by atoms with van der Waals surface area (Å²) < 4.78 is 16.6. The van der Waals surface area contributed by atoms with Gasteiger partial charge >= 0.3 is 0 Å². The van der Waals surface area contributed by atoms with Crippen LogP contribution in [-0.4, -0.2) is 27.3 Å². The third-order valence-electron chi connectivity index (χ3n) is 4.50. The summed E-state index contributed by atoms with van der Waals surface area (Å²) in [5.74, 6) is 2.16. The molecule has 0 spiro atoms. The van der Waals surface area contributed by atoms with Crippen molar-refractivity contribution >= 4 is 28.8 Å². The monoisotopic (exact) mass is 351 g/mol. The van der Waals surface area contributed by atoms with E-state index in [1.54, 1.807) is 14.2 Å². The molecular weight excluding hydrogens is 326 g/mol. The summed E-state index contributed by atoms with van der Waals surface area (Å²) in [6, 6.07) is 14.3. The van der Waals surface area contributed by atoms with Crippen molar-refractivity contribution in [2.45, 2.75) is 13.8 Å². The Morgan fingerprint density at radius 1 is 0.885 bits per heavy atom. The number of hydrogen-bond acceptors (Lipinski definition) is 4. The van der Waals surface area contributed by atoms with E-state index < -0.39 is 0 Å². The van der Waals surface area contributed by atoms with Crippen LogP contribution in [0.1, 0.15) is 25.2 Å². The van der Waals surface area contributed by atoms with Crippen LogP contribution in [0.5, 0.6) is 11.5 Å². The van der Waals surface area contributed by atoms with Crippen LogP contribution in [0.3, 0.4) is 0 Å². The van der Waals surface area contributed by atoms with Crippen LogP contribution in [0.15, 0.2) is 46.9 Å². The van der Waals surface area contributed by atoms with Crippen LogP contribution in [0.25, 0.3) is 23.1 Å². The number of furan rings is 1. The third kappa shape index (κ3) is 3.69. The highest BCUT2D eigenvalue weighted by atomic mass is 16.5. The van der Waals surface area contributed by atoms with Gasteiger partial charge in [0.25, 0.3) is 0 Å². The van der Waals surface area contributed by atoms with Crippen molar-refractivity contribution in [3.8, 4) is 11.5 Å². The van der Waals surface area contributed by atoms with Crippen LogP contribution in [-0.2, 0) is 0 Å². The van der Waals surface area contributed by atoms with Crippen LogP contribution in [0.4, 0.5) is 5.69 Å². The molecule has 0 aliphatic rings. The lowest BCUT2D eigenvalue weighted by Gasteiger charge is -2.20. The lowest BCUT2D eigenvalue weighted by molar-refractivity contribution is 0.355. The molecule has 3 rings (SSSR count). The van der Waals surface area contributed by atoms with Crippen molar-refractivity contribution in [2.24, 2.45) is 0 Å². The summed E-state index contributed by atoms with van der Waals surface area (Å²) in [7, 11) is 3.25. The van der Waals surface area contributed by atoms with E-state index in [1.165, 1.54) is 5.69 Å². The van der Waals surface area contributed by atoms with Gasteiger partial charge in [0.1, 0.15) is 11.3 Å². The van der Waals surface area contributed by atoms with Crippen molar-refractivity contribution in [3.63, 3.8) is 0 Å². The van der Waals surface area contributed by atoms with E-state index in [2.05, 4.69) is 49.1 Å². The molecule has 0 aliphatic carbocycles. The second-order valence-corrected chi connectivity index (χ2v) is 5.99. The minimum atomic E-state index is 0.664. The average Bonchev–Trinajstić information content (AvgIpc) is 3.08. The van der Waals surface area contributed by atoms with Gasteiger partial charge in [-0.25, -0.2) is 0 Å². The SMILES string of the molecule is CCN(CC)c1ccc(C=Cc2cc3cc(OC)c(OC)cc3o2)cc1. The zero-order valence-corrected chi connectivity index (χ0v) is 15.8. The zero-order chi connectivity index (χ0) is 18.5. The number of ether oxygens (including phenoxy) is 2. The van der Waals surface area contributed by atoms with Gasteiger partial charge in [-0.1, -0.05) is 18.2 Å². The molecule has 0 aliphatic heterocycles. The van der Waals surface area contributed by atoms with Gasteiger partial charge in [-0.3, -0.25) is 0 Å². The number of anilines is 1.